The number of fused-ring (bicyclic) bond motifs is 1. The highest BCUT2D eigenvalue weighted by Gasteiger charge is 2.08. The van der Waals surface area contributed by atoms with Crippen molar-refractivity contribution in [2.24, 2.45) is 0 Å². The Morgan fingerprint density at radius 3 is 2.28 bits per heavy atom. The number of hydrogen-bond donors (Lipinski definition) is 2. The van der Waals surface area contributed by atoms with Crippen LogP contribution in [0.5, 0.6) is 0 Å². The van der Waals surface area contributed by atoms with Crippen molar-refractivity contribution in [3.05, 3.63) is 83.9 Å². The average Bonchev–Trinajstić information content (AvgIpc) is 2.66. The fraction of sp³-hybridized carbons (Fsp3) is 0.143. The highest BCUT2D eigenvalue weighted by molar-refractivity contribution is 5.91. The largest absolute Gasteiger partial charge is 0.350 e. The molecule has 0 aliphatic rings. The maximum atomic E-state index is 12.1. The Kier molecular flexibility index (Phi) is 5.42. The van der Waals surface area contributed by atoms with Gasteiger partial charge >= 0.3 is 0 Å². The van der Waals surface area contributed by atoms with Gasteiger partial charge in [0, 0.05) is 6.54 Å². The highest BCUT2D eigenvalue weighted by Crippen LogP contribution is 2.18. The summed E-state index contributed by atoms with van der Waals surface area (Å²) in [6.45, 7) is 0.440. The molecule has 4 nitrogen and oxygen atoms in total. The van der Waals surface area contributed by atoms with Gasteiger partial charge in [-0.25, -0.2) is 0 Å². The quantitative estimate of drug-likeness (QED) is 0.729. The minimum atomic E-state index is -0.199. The molecule has 0 aliphatic heterocycles. The zero-order chi connectivity index (χ0) is 17.5. The Bertz CT molecular complexity index is 870. The second kappa shape index (κ2) is 8.11. The topological polar surface area (TPSA) is 58.2 Å². The van der Waals surface area contributed by atoms with Crippen molar-refractivity contribution in [3.63, 3.8) is 0 Å². The molecule has 0 aromatic heterocycles. The van der Waals surface area contributed by atoms with Crippen LogP contribution >= 0.6 is 0 Å². The van der Waals surface area contributed by atoms with Gasteiger partial charge in [-0.2, -0.15) is 0 Å². The lowest BCUT2D eigenvalue weighted by Crippen LogP contribution is -2.37. The van der Waals surface area contributed by atoms with Crippen molar-refractivity contribution in [1.82, 2.24) is 10.6 Å². The van der Waals surface area contributed by atoms with Gasteiger partial charge in [-0.15, -0.1) is 0 Å². The zero-order valence-corrected chi connectivity index (χ0v) is 13.9. The summed E-state index contributed by atoms with van der Waals surface area (Å²) in [5.74, 6) is -0.360. The second-order valence-electron chi connectivity index (χ2n) is 5.85. The third-order valence-corrected chi connectivity index (χ3v) is 4.01. The monoisotopic (exact) mass is 332 g/mol. The molecule has 126 valence electrons. The first-order valence-electron chi connectivity index (χ1n) is 8.26. The van der Waals surface area contributed by atoms with Crippen molar-refractivity contribution in [3.8, 4) is 0 Å². The molecule has 3 aromatic carbocycles. The number of carbonyl (C=O) groups excluding carboxylic acids is 2. The lowest BCUT2D eigenvalue weighted by Gasteiger charge is -2.09. The van der Waals surface area contributed by atoms with Crippen LogP contribution in [0.4, 0.5) is 0 Å². The summed E-state index contributed by atoms with van der Waals surface area (Å²) in [5.41, 5.74) is 1.98. The van der Waals surface area contributed by atoms with Gasteiger partial charge in [0.15, 0.2) is 0 Å². The molecule has 0 spiro atoms. The number of rotatable bonds is 6. The van der Waals surface area contributed by atoms with E-state index in [9.17, 15) is 9.59 Å². The molecule has 4 heteroatoms. The molecule has 0 fully saturated rings. The molecule has 0 heterocycles. The summed E-state index contributed by atoms with van der Waals surface area (Å²) in [5, 5.41) is 7.64. The third-order valence-electron chi connectivity index (χ3n) is 4.01. The molecule has 25 heavy (non-hydrogen) atoms. The lowest BCUT2D eigenvalue weighted by atomic mass is 10.0. The molecule has 0 saturated heterocycles. The standard InChI is InChI=1S/C21H20N2O2/c24-20(13-18-11-6-10-17-9-4-5-12-19(17)18)23-15-21(25)22-14-16-7-2-1-3-8-16/h1-12H,13-15H2,(H,22,25)(H,23,24). The van der Waals surface area contributed by atoms with Gasteiger partial charge in [0.2, 0.25) is 11.8 Å². The van der Waals surface area contributed by atoms with Crippen LogP contribution in [0.25, 0.3) is 10.8 Å². The fourth-order valence-electron chi connectivity index (χ4n) is 2.72. The summed E-state index contributed by atoms with van der Waals surface area (Å²) in [4.78, 5) is 24.0. The molecule has 0 unspecified atom stereocenters. The minimum Gasteiger partial charge on any atom is -0.350 e. The van der Waals surface area contributed by atoms with Crippen LogP contribution in [-0.4, -0.2) is 18.4 Å². The number of benzene rings is 3. The predicted molar refractivity (Wildman–Crippen MR) is 99.0 cm³/mol. The first-order chi connectivity index (χ1) is 12.2. The maximum Gasteiger partial charge on any atom is 0.239 e. The zero-order valence-electron chi connectivity index (χ0n) is 13.9. The molecule has 0 aliphatic carbocycles. The van der Waals surface area contributed by atoms with Crippen LogP contribution in [-0.2, 0) is 22.6 Å². The van der Waals surface area contributed by atoms with Crippen molar-refractivity contribution >= 4 is 22.6 Å². The van der Waals surface area contributed by atoms with E-state index in [0.29, 0.717) is 6.54 Å². The van der Waals surface area contributed by atoms with E-state index in [-0.39, 0.29) is 24.8 Å². The summed E-state index contributed by atoms with van der Waals surface area (Å²) < 4.78 is 0. The maximum absolute atomic E-state index is 12.1. The fourth-order valence-corrected chi connectivity index (χ4v) is 2.72. The van der Waals surface area contributed by atoms with Crippen molar-refractivity contribution in [2.75, 3.05) is 6.54 Å². The van der Waals surface area contributed by atoms with Crippen LogP contribution in [0.15, 0.2) is 72.8 Å². The van der Waals surface area contributed by atoms with Crippen molar-refractivity contribution in [2.45, 2.75) is 13.0 Å². The Morgan fingerprint density at radius 2 is 1.44 bits per heavy atom. The van der Waals surface area contributed by atoms with Gasteiger partial charge in [0.25, 0.3) is 0 Å². The van der Waals surface area contributed by atoms with Crippen LogP contribution in [0.1, 0.15) is 11.1 Å². The number of amides is 2. The molecule has 2 amide bonds. The Labute approximate surface area is 146 Å². The van der Waals surface area contributed by atoms with Crippen LogP contribution < -0.4 is 10.6 Å². The summed E-state index contributed by atoms with van der Waals surface area (Å²) in [7, 11) is 0. The second-order valence-corrected chi connectivity index (χ2v) is 5.85. The SMILES string of the molecule is O=C(CNC(=O)Cc1cccc2ccccc12)NCc1ccccc1. The van der Waals surface area contributed by atoms with Gasteiger partial charge in [0.05, 0.1) is 13.0 Å². The molecule has 0 saturated carbocycles. The first-order valence-corrected chi connectivity index (χ1v) is 8.26. The molecule has 0 bridgehead atoms. The Morgan fingerprint density at radius 1 is 0.720 bits per heavy atom. The summed E-state index contributed by atoms with van der Waals surface area (Å²) in [6.07, 6.45) is 0.257. The number of nitrogens with one attached hydrogen (secondary N) is 2. The number of carbonyl (C=O) groups is 2. The van der Waals surface area contributed by atoms with Gasteiger partial charge in [-0.3, -0.25) is 9.59 Å². The van der Waals surface area contributed by atoms with Crippen molar-refractivity contribution < 1.29 is 9.59 Å². The van der Waals surface area contributed by atoms with Gasteiger partial charge in [-0.1, -0.05) is 72.8 Å². The highest BCUT2D eigenvalue weighted by atomic mass is 16.2. The van der Waals surface area contributed by atoms with E-state index in [2.05, 4.69) is 10.6 Å². The Hall–Kier alpha value is -3.14. The smallest absolute Gasteiger partial charge is 0.239 e. The number of hydrogen-bond acceptors (Lipinski definition) is 2. The summed E-state index contributed by atoms with van der Waals surface area (Å²) in [6, 6.07) is 23.5. The predicted octanol–water partition coefficient (Wildman–Crippen LogP) is 2.81. The van der Waals surface area contributed by atoms with Crippen LogP contribution in [0, 0.1) is 0 Å². The van der Waals surface area contributed by atoms with E-state index in [1.165, 1.54) is 0 Å². The van der Waals surface area contributed by atoms with E-state index in [1.54, 1.807) is 0 Å². The van der Waals surface area contributed by atoms with Gasteiger partial charge in [0.1, 0.15) is 0 Å². The van der Waals surface area contributed by atoms with E-state index in [0.717, 1.165) is 21.9 Å². The molecule has 3 aromatic rings. The van der Waals surface area contributed by atoms with Gasteiger partial charge in [-0.05, 0) is 21.9 Å². The molecule has 3 rings (SSSR count). The van der Waals surface area contributed by atoms with E-state index in [1.807, 2.05) is 72.8 Å². The normalized spacial score (nSPS) is 10.4. The Balaban J connectivity index is 1.50. The minimum absolute atomic E-state index is 0.0174. The molecular formula is C21H20N2O2. The lowest BCUT2D eigenvalue weighted by molar-refractivity contribution is -0.125. The molecule has 2 N–H and O–H groups in total. The molecular weight excluding hydrogens is 312 g/mol. The average molecular weight is 332 g/mol. The third kappa shape index (κ3) is 4.67. The first kappa shape index (κ1) is 16.7. The van der Waals surface area contributed by atoms with Crippen molar-refractivity contribution in [1.29, 1.82) is 0 Å². The van der Waals surface area contributed by atoms with Crippen LogP contribution in [0.2, 0.25) is 0 Å². The molecule has 0 radical (unpaired) electrons. The van der Waals surface area contributed by atoms with E-state index < -0.39 is 0 Å². The molecule has 0 atom stereocenters. The van der Waals surface area contributed by atoms with Gasteiger partial charge < -0.3 is 10.6 Å². The van der Waals surface area contributed by atoms with Crippen LogP contribution in [0.3, 0.4) is 0 Å². The van der Waals surface area contributed by atoms with E-state index >= 15 is 0 Å². The van der Waals surface area contributed by atoms with E-state index in [4.69, 9.17) is 0 Å². The summed E-state index contributed by atoms with van der Waals surface area (Å²) >= 11 is 0.